The Morgan fingerprint density at radius 1 is 1.16 bits per heavy atom. The number of hydrogen-bond donors (Lipinski definition) is 0. The molecule has 0 spiro atoms. The monoisotopic (exact) mass is 289 g/mol. The number of nitrogens with zero attached hydrogens (tertiary/aromatic N) is 1. The second-order valence-corrected chi connectivity index (χ2v) is 4.79. The average molecular weight is 289 g/mol. The van der Waals surface area contributed by atoms with Crippen molar-refractivity contribution >= 4 is 5.97 Å². The number of ether oxygens (including phenoxy) is 1. The Morgan fingerprint density at radius 2 is 1.63 bits per heavy atom. The molecule has 112 valence electrons. The van der Waals surface area contributed by atoms with Gasteiger partial charge in [0.2, 0.25) is 0 Å². The maximum Gasteiger partial charge on any atom is 0.455 e. The molecule has 1 aliphatic rings. The van der Waals surface area contributed by atoms with Crippen molar-refractivity contribution in [2.24, 2.45) is 0 Å². The van der Waals surface area contributed by atoms with E-state index in [1.807, 2.05) is 0 Å². The summed E-state index contributed by atoms with van der Waals surface area (Å²) in [6.07, 6.45) is -5.65. The van der Waals surface area contributed by atoms with Crippen LogP contribution in [-0.2, 0) is 9.53 Å². The van der Waals surface area contributed by atoms with Crippen molar-refractivity contribution in [1.29, 1.82) is 0 Å². The third-order valence-electron chi connectivity index (χ3n) is 3.55. The fraction of sp³-hybridized carbons (Fsp3) is 0.909. The lowest BCUT2D eigenvalue weighted by molar-refractivity contribution is -0.323. The number of alkyl halides is 5. The van der Waals surface area contributed by atoms with Crippen molar-refractivity contribution in [3.05, 3.63) is 0 Å². The van der Waals surface area contributed by atoms with Crippen LogP contribution in [0.2, 0.25) is 0 Å². The van der Waals surface area contributed by atoms with Gasteiger partial charge in [0.25, 0.3) is 0 Å². The van der Waals surface area contributed by atoms with Crippen molar-refractivity contribution in [3.8, 4) is 0 Å². The van der Waals surface area contributed by atoms with Crippen LogP contribution in [0.5, 0.6) is 0 Å². The lowest BCUT2D eigenvalue weighted by atomic mass is 9.87. The molecule has 1 saturated heterocycles. The predicted molar refractivity (Wildman–Crippen MR) is 56.8 cm³/mol. The molecule has 1 atom stereocenters. The average Bonchev–Trinajstić information content (AvgIpc) is 2.80. The number of rotatable bonds is 4. The quantitative estimate of drug-likeness (QED) is 0.588. The summed E-state index contributed by atoms with van der Waals surface area (Å²) in [6.45, 7) is 0.987. The van der Waals surface area contributed by atoms with Gasteiger partial charge in [0.15, 0.2) is 0 Å². The first-order chi connectivity index (χ1) is 8.56. The van der Waals surface area contributed by atoms with E-state index in [-0.39, 0.29) is 13.1 Å². The van der Waals surface area contributed by atoms with E-state index in [2.05, 4.69) is 4.74 Å². The first-order valence-corrected chi connectivity index (χ1v) is 5.82. The van der Waals surface area contributed by atoms with Crippen LogP contribution in [0.25, 0.3) is 0 Å². The van der Waals surface area contributed by atoms with E-state index in [0.717, 1.165) is 18.9 Å². The number of carbonyl (C=O) groups is 1. The van der Waals surface area contributed by atoms with Crippen LogP contribution in [0.15, 0.2) is 0 Å². The Kier molecular flexibility index (Phi) is 4.44. The van der Waals surface area contributed by atoms with Crippen LogP contribution < -0.4 is 0 Å². The first-order valence-electron chi connectivity index (χ1n) is 5.82. The second kappa shape index (κ2) is 5.22. The largest absolute Gasteiger partial charge is 0.469 e. The minimum atomic E-state index is -5.71. The van der Waals surface area contributed by atoms with Gasteiger partial charge in [0.05, 0.1) is 13.5 Å². The lowest BCUT2D eigenvalue weighted by Crippen LogP contribution is -2.64. The van der Waals surface area contributed by atoms with Gasteiger partial charge in [-0.05, 0) is 32.9 Å². The molecular formula is C11H16F5NO2. The van der Waals surface area contributed by atoms with E-state index in [9.17, 15) is 26.7 Å². The topological polar surface area (TPSA) is 29.5 Å². The summed E-state index contributed by atoms with van der Waals surface area (Å²) in [5.41, 5.74) is -2.62. The zero-order chi connectivity index (χ0) is 14.9. The molecule has 0 aliphatic carbocycles. The Labute approximate surface area is 107 Å². The lowest BCUT2D eigenvalue weighted by Gasteiger charge is -2.44. The highest BCUT2D eigenvalue weighted by atomic mass is 19.4. The highest BCUT2D eigenvalue weighted by molar-refractivity contribution is 5.71. The molecule has 1 aliphatic heterocycles. The van der Waals surface area contributed by atoms with Gasteiger partial charge < -0.3 is 4.74 Å². The molecule has 1 rings (SSSR count). The smallest absolute Gasteiger partial charge is 0.455 e. The van der Waals surface area contributed by atoms with Crippen LogP contribution in [-0.4, -0.2) is 48.7 Å². The summed E-state index contributed by atoms with van der Waals surface area (Å²) in [5, 5.41) is 0. The maximum atomic E-state index is 13.8. The summed E-state index contributed by atoms with van der Waals surface area (Å²) in [5.74, 6) is -6.07. The molecule has 0 bridgehead atoms. The van der Waals surface area contributed by atoms with Crippen LogP contribution in [0.3, 0.4) is 0 Å². The van der Waals surface area contributed by atoms with Crippen LogP contribution in [0.4, 0.5) is 22.0 Å². The summed E-state index contributed by atoms with van der Waals surface area (Å²) in [4.78, 5) is 12.2. The zero-order valence-electron chi connectivity index (χ0n) is 10.7. The first kappa shape index (κ1) is 16.1. The molecule has 0 aromatic rings. The second-order valence-electron chi connectivity index (χ2n) is 4.79. The minimum absolute atomic E-state index is 0.110. The molecule has 19 heavy (non-hydrogen) atoms. The van der Waals surface area contributed by atoms with E-state index in [1.165, 1.54) is 0 Å². The fourth-order valence-corrected chi connectivity index (χ4v) is 2.29. The highest BCUT2D eigenvalue weighted by Crippen LogP contribution is 2.48. The molecule has 0 radical (unpaired) electrons. The van der Waals surface area contributed by atoms with Crippen LogP contribution >= 0.6 is 0 Å². The van der Waals surface area contributed by atoms with E-state index in [1.54, 1.807) is 0 Å². The van der Waals surface area contributed by atoms with Gasteiger partial charge in [-0.15, -0.1) is 0 Å². The molecule has 0 saturated carbocycles. The molecule has 8 heteroatoms. The third kappa shape index (κ3) is 2.82. The van der Waals surface area contributed by atoms with E-state index in [0.29, 0.717) is 12.8 Å². The normalized spacial score (nSPS) is 21.2. The van der Waals surface area contributed by atoms with Crippen LogP contribution in [0, 0.1) is 0 Å². The van der Waals surface area contributed by atoms with Crippen molar-refractivity contribution in [2.75, 3.05) is 20.2 Å². The van der Waals surface area contributed by atoms with E-state index in [4.69, 9.17) is 0 Å². The van der Waals surface area contributed by atoms with Gasteiger partial charge in [0.1, 0.15) is 5.54 Å². The number of carbonyl (C=O) groups excluding carboxylic acids is 1. The molecule has 1 unspecified atom stereocenters. The molecule has 0 N–H and O–H groups in total. The number of halogens is 5. The van der Waals surface area contributed by atoms with E-state index < -0.39 is 30.0 Å². The summed E-state index contributed by atoms with van der Waals surface area (Å²) >= 11 is 0. The maximum absolute atomic E-state index is 13.8. The van der Waals surface area contributed by atoms with Gasteiger partial charge in [-0.2, -0.15) is 22.0 Å². The number of hydrogen-bond acceptors (Lipinski definition) is 3. The highest BCUT2D eigenvalue weighted by Gasteiger charge is 2.70. The predicted octanol–water partition coefficient (Wildman–Crippen LogP) is 2.60. The van der Waals surface area contributed by atoms with Gasteiger partial charge in [-0.3, -0.25) is 9.69 Å². The molecule has 0 aromatic heterocycles. The Morgan fingerprint density at radius 3 is 2.00 bits per heavy atom. The molecule has 1 heterocycles. The summed E-state index contributed by atoms with van der Waals surface area (Å²) < 4.78 is 69.6. The standard InChI is InChI=1S/C11H16F5NO2/c1-9(7-8(18)19-2,17-5-3-4-6-17)10(12,13)11(14,15)16/h3-7H2,1-2H3. The molecule has 0 aromatic carbocycles. The van der Waals surface area contributed by atoms with Crippen molar-refractivity contribution in [3.63, 3.8) is 0 Å². The van der Waals surface area contributed by atoms with Gasteiger partial charge in [0, 0.05) is 0 Å². The van der Waals surface area contributed by atoms with Gasteiger partial charge >= 0.3 is 18.1 Å². The molecular weight excluding hydrogens is 273 g/mol. The SMILES string of the molecule is COC(=O)CC(C)(N1CCCC1)C(F)(F)C(F)(F)F. The van der Waals surface area contributed by atoms with E-state index >= 15 is 0 Å². The molecule has 0 amide bonds. The Hall–Kier alpha value is -0.920. The van der Waals surface area contributed by atoms with Crippen molar-refractivity contribution in [2.45, 2.75) is 43.8 Å². The minimum Gasteiger partial charge on any atom is -0.469 e. The molecule has 1 fully saturated rings. The van der Waals surface area contributed by atoms with Crippen molar-refractivity contribution in [1.82, 2.24) is 4.90 Å². The third-order valence-corrected chi connectivity index (χ3v) is 3.55. The van der Waals surface area contributed by atoms with Crippen LogP contribution in [0.1, 0.15) is 26.2 Å². The zero-order valence-corrected chi connectivity index (χ0v) is 10.7. The number of esters is 1. The summed E-state index contributed by atoms with van der Waals surface area (Å²) in [7, 11) is 0.957. The van der Waals surface area contributed by atoms with Gasteiger partial charge in [-0.25, -0.2) is 0 Å². The summed E-state index contributed by atoms with van der Waals surface area (Å²) in [6, 6.07) is 0. The fourth-order valence-electron chi connectivity index (χ4n) is 2.29. The Bertz CT molecular complexity index is 338. The van der Waals surface area contributed by atoms with Gasteiger partial charge in [-0.1, -0.05) is 0 Å². The Balaban J connectivity index is 3.14. The van der Waals surface area contributed by atoms with Crippen molar-refractivity contribution < 1.29 is 31.5 Å². The number of methoxy groups -OCH3 is 1. The number of likely N-dealkylation sites (tertiary alicyclic amines) is 1. The molecule has 3 nitrogen and oxygen atoms in total.